The summed E-state index contributed by atoms with van der Waals surface area (Å²) in [6.07, 6.45) is 0.111. The molecule has 0 spiro atoms. The normalized spacial score (nSPS) is 9.19. The van der Waals surface area contributed by atoms with Crippen LogP contribution in [-0.2, 0) is 11.2 Å². The SMILES string of the molecule is N#CCNC(=O)Cc1ccc([N+](=O)[O-])cc1. The highest BCUT2D eigenvalue weighted by molar-refractivity contribution is 5.78. The summed E-state index contributed by atoms with van der Waals surface area (Å²) in [5.74, 6) is -0.282. The second kappa shape index (κ2) is 5.46. The summed E-state index contributed by atoms with van der Waals surface area (Å²) < 4.78 is 0. The van der Waals surface area contributed by atoms with Crippen LogP contribution in [-0.4, -0.2) is 17.4 Å². The van der Waals surface area contributed by atoms with Gasteiger partial charge in [-0.2, -0.15) is 5.26 Å². The monoisotopic (exact) mass is 219 g/mol. The first-order valence-corrected chi connectivity index (χ1v) is 4.50. The van der Waals surface area contributed by atoms with Crippen LogP contribution in [0.2, 0.25) is 0 Å². The maximum atomic E-state index is 11.2. The predicted octanol–water partition coefficient (Wildman–Crippen LogP) is 0.777. The summed E-state index contributed by atoms with van der Waals surface area (Å²) in [6, 6.07) is 7.50. The molecule has 0 aromatic heterocycles. The second-order valence-corrected chi connectivity index (χ2v) is 3.04. The number of carbonyl (C=O) groups excluding carboxylic acids is 1. The number of hydrogen-bond acceptors (Lipinski definition) is 4. The molecule has 0 heterocycles. The molecule has 1 aromatic rings. The Kier molecular flexibility index (Phi) is 3.98. The topological polar surface area (TPSA) is 96.0 Å². The molecule has 16 heavy (non-hydrogen) atoms. The van der Waals surface area contributed by atoms with Crippen molar-refractivity contribution in [2.75, 3.05) is 6.54 Å². The minimum absolute atomic E-state index is 0.0128. The summed E-state index contributed by atoms with van der Waals surface area (Å²) in [6.45, 7) is -0.0359. The van der Waals surface area contributed by atoms with Gasteiger partial charge in [-0.25, -0.2) is 0 Å². The third kappa shape index (κ3) is 3.38. The average molecular weight is 219 g/mol. The third-order valence-electron chi connectivity index (χ3n) is 1.88. The zero-order valence-electron chi connectivity index (χ0n) is 8.34. The van der Waals surface area contributed by atoms with Crippen LogP contribution in [0.25, 0.3) is 0 Å². The predicted molar refractivity (Wildman–Crippen MR) is 55.4 cm³/mol. The zero-order valence-corrected chi connectivity index (χ0v) is 8.34. The van der Waals surface area contributed by atoms with E-state index in [2.05, 4.69) is 5.32 Å². The van der Waals surface area contributed by atoms with Crippen molar-refractivity contribution in [3.8, 4) is 6.07 Å². The summed E-state index contributed by atoms with van der Waals surface area (Å²) >= 11 is 0. The second-order valence-electron chi connectivity index (χ2n) is 3.04. The quantitative estimate of drug-likeness (QED) is 0.459. The van der Waals surface area contributed by atoms with Gasteiger partial charge in [0, 0.05) is 12.1 Å². The maximum Gasteiger partial charge on any atom is 0.269 e. The minimum atomic E-state index is -0.500. The molecule has 6 nitrogen and oxygen atoms in total. The van der Waals surface area contributed by atoms with Crippen LogP contribution in [0, 0.1) is 21.4 Å². The molecule has 0 saturated carbocycles. The van der Waals surface area contributed by atoms with Gasteiger partial charge in [0.25, 0.3) is 5.69 Å². The Morgan fingerprint density at radius 3 is 2.56 bits per heavy atom. The summed E-state index contributed by atoms with van der Waals surface area (Å²) in [7, 11) is 0. The standard InChI is InChI=1S/C10H9N3O3/c11-5-6-12-10(14)7-8-1-3-9(4-2-8)13(15)16/h1-4H,6-7H2,(H,12,14). The maximum absolute atomic E-state index is 11.2. The van der Waals surface area contributed by atoms with Crippen molar-refractivity contribution in [3.05, 3.63) is 39.9 Å². The molecule has 0 unspecified atom stereocenters. The largest absolute Gasteiger partial charge is 0.343 e. The van der Waals surface area contributed by atoms with Crippen LogP contribution >= 0.6 is 0 Å². The summed E-state index contributed by atoms with van der Waals surface area (Å²) in [4.78, 5) is 21.1. The lowest BCUT2D eigenvalue weighted by Crippen LogP contribution is -2.25. The van der Waals surface area contributed by atoms with Gasteiger partial charge in [0.2, 0.25) is 5.91 Å². The fraction of sp³-hybridized carbons (Fsp3) is 0.200. The number of nitrogens with one attached hydrogen (secondary N) is 1. The van der Waals surface area contributed by atoms with Crippen molar-refractivity contribution in [2.45, 2.75) is 6.42 Å². The van der Waals surface area contributed by atoms with Gasteiger partial charge >= 0.3 is 0 Å². The van der Waals surface area contributed by atoms with E-state index in [1.165, 1.54) is 24.3 Å². The van der Waals surface area contributed by atoms with Gasteiger partial charge in [-0.05, 0) is 5.56 Å². The molecule has 1 aromatic carbocycles. The molecule has 0 aliphatic heterocycles. The van der Waals surface area contributed by atoms with Gasteiger partial charge in [-0.1, -0.05) is 12.1 Å². The van der Waals surface area contributed by atoms with E-state index >= 15 is 0 Å². The Labute approximate surface area is 91.6 Å². The molecular weight excluding hydrogens is 210 g/mol. The first kappa shape index (κ1) is 11.7. The molecule has 1 N–H and O–H groups in total. The van der Waals surface area contributed by atoms with Gasteiger partial charge in [0.1, 0.15) is 6.54 Å². The van der Waals surface area contributed by atoms with Gasteiger partial charge in [0.05, 0.1) is 17.4 Å². The fourth-order valence-electron chi connectivity index (χ4n) is 1.12. The van der Waals surface area contributed by atoms with Crippen LogP contribution in [0.5, 0.6) is 0 Å². The molecule has 1 amide bonds. The highest BCUT2D eigenvalue weighted by atomic mass is 16.6. The van der Waals surface area contributed by atoms with E-state index in [4.69, 9.17) is 5.26 Å². The number of nitrogens with zero attached hydrogens (tertiary/aromatic N) is 2. The van der Waals surface area contributed by atoms with Crippen LogP contribution < -0.4 is 5.32 Å². The lowest BCUT2D eigenvalue weighted by molar-refractivity contribution is -0.384. The molecule has 0 radical (unpaired) electrons. The molecule has 82 valence electrons. The summed E-state index contributed by atoms with van der Waals surface area (Å²) in [5.41, 5.74) is 0.655. The number of rotatable bonds is 4. The number of nitro benzene ring substituents is 1. The van der Waals surface area contributed by atoms with E-state index in [0.29, 0.717) is 5.56 Å². The number of carbonyl (C=O) groups is 1. The van der Waals surface area contributed by atoms with E-state index in [9.17, 15) is 14.9 Å². The number of nitro groups is 1. The van der Waals surface area contributed by atoms with Crippen molar-refractivity contribution < 1.29 is 9.72 Å². The van der Waals surface area contributed by atoms with E-state index in [-0.39, 0.29) is 24.6 Å². The zero-order chi connectivity index (χ0) is 12.0. The number of non-ortho nitro benzene ring substituents is 1. The molecule has 6 heteroatoms. The van der Waals surface area contributed by atoms with Crippen molar-refractivity contribution in [1.29, 1.82) is 5.26 Å². The van der Waals surface area contributed by atoms with E-state index < -0.39 is 4.92 Å². The lowest BCUT2D eigenvalue weighted by atomic mass is 10.1. The van der Waals surface area contributed by atoms with E-state index in [1.807, 2.05) is 0 Å². The number of amides is 1. The first-order chi connectivity index (χ1) is 7.63. The van der Waals surface area contributed by atoms with Crippen molar-refractivity contribution >= 4 is 11.6 Å². The Balaban J connectivity index is 2.59. The minimum Gasteiger partial charge on any atom is -0.343 e. The Morgan fingerprint density at radius 2 is 2.06 bits per heavy atom. The third-order valence-corrected chi connectivity index (χ3v) is 1.88. The van der Waals surface area contributed by atoms with Gasteiger partial charge < -0.3 is 5.32 Å². The molecule has 0 fully saturated rings. The first-order valence-electron chi connectivity index (χ1n) is 4.50. The molecule has 0 aliphatic rings. The molecule has 0 bridgehead atoms. The summed E-state index contributed by atoms with van der Waals surface area (Å²) in [5, 5.41) is 21.0. The molecule has 1 rings (SSSR count). The number of nitriles is 1. The van der Waals surface area contributed by atoms with Crippen molar-refractivity contribution in [2.24, 2.45) is 0 Å². The van der Waals surface area contributed by atoms with Crippen LogP contribution in [0.15, 0.2) is 24.3 Å². The molecule has 0 aliphatic carbocycles. The van der Waals surface area contributed by atoms with Crippen molar-refractivity contribution in [3.63, 3.8) is 0 Å². The Morgan fingerprint density at radius 1 is 1.44 bits per heavy atom. The molecular formula is C10H9N3O3. The van der Waals surface area contributed by atoms with Gasteiger partial charge in [0.15, 0.2) is 0 Å². The number of benzene rings is 1. The number of hydrogen-bond donors (Lipinski definition) is 1. The Bertz CT molecular complexity index is 434. The van der Waals surface area contributed by atoms with Crippen molar-refractivity contribution in [1.82, 2.24) is 5.32 Å². The highest BCUT2D eigenvalue weighted by Crippen LogP contribution is 2.11. The van der Waals surface area contributed by atoms with Crippen LogP contribution in [0.4, 0.5) is 5.69 Å². The van der Waals surface area contributed by atoms with Gasteiger partial charge in [-0.3, -0.25) is 14.9 Å². The van der Waals surface area contributed by atoms with Gasteiger partial charge in [-0.15, -0.1) is 0 Å². The smallest absolute Gasteiger partial charge is 0.269 e. The van der Waals surface area contributed by atoms with E-state index in [0.717, 1.165) is 0 Å². The molecule has 0 atom stereocenters. The molecule has 0 saturated heterocycles. The van der Waals surface area contributed by atoms with E-state index in [1.54, 1.807) is 6.07 Å². The highest BCUT2D eigenvalue weighted by Gasteiger charge is 2.06. The Hall–Kier alpha value is -2.42. The van der Waals surface area contributed by atoms with Crippen LogP contribution in [0.3, 0.4) is 0 Å². The van der Waals surface area contributed by atoms with Crippen LogP contribution in [0.1, 0.15) is 5.56 Å². The average Bonchev–Trinajstić information content (AvgIpc) is 2.27. The fourth-order valence-corrected chi connectivity index (χ4v) is 1.12. The lowest BCUT2D eigenvalue weighted by Gasteiger charge is -2.00.